The number of hydrogen-bond acceptors (Lipinski definition) is 3. The number of amides is 1. The molecule has 7 heteroatoms. The van der Waals surface area contributed by atoms with Gasteiger partial charge in [0, 0.05) is 15.1 Å². The van der Waals surface area contributed by atoms with Crippen LogP contribution in [0.15, 0.2) is 82.2 Å². The monoisotopic (exact) mass is 505 g/mol. The van der Waals surface area contributed by atoms with Gasteiger partial charge in [0.2, 0.25) is 0 Å². The van der Waals surface area contributed by atoms with Gasteiger partial charge in [0.25, 0.3) is 15.9 Å². The largest absolute Gasteiger partial charge is 0.272 e. The average molecular weight is 507 g/mol. The number of benzene rings is 3. The van der Waals surface area contributed by atoms with Crippen LogP contribution < -0.4 is 4.31 Å². The Morgan fingerprint density at radius 1 is 0.933 bits per heavy atom. The average Bonchev–Trinajstić information content (AvgIpc) is 2.74. The third-order valence-electron chi connectivity index (χ3n) is 4.62. The van der Waals surface area contributed by atoms with E-state index in [1.807, 2.05) is 12.1 Å². The first kappa shape index (κ1) is 22.5. The maximum atomic E-state index is 13.4. The van der Waals surface area contributed by atoms with Gasteiger partial charge in [-0.25, -0.2) is 8.42 Å². The lowest BCUT2D eigenvalue weighted by atomic mass is 10.1. The molecule has 0 atom stereocenters. The number of anilines is 1. The molecule has 0 aliphatic carbocycles. The first-order valence-electron chi connectivity index (χ1n) is 9.52. The minimum atomic E-state index is -4.14. The van der Waals surface area contributed by atoms with Crippen LogP contribution in [-0.4, -0.2) is 14.3 Å². The van der Waals surface area contributed by atoms with Crippen LogP contribution in [0.5, 0.6) is 0 Å². The predicted octanol–water partition coefficient (Wildman–Crippen LogP) is 6.48. The summed E-state index contributed by atoms with van der Waals surface area (Å²) < 4.78 is 28.5. The molecule has 0 aromatic heterocycles. The Morgan fingerprint density at radius 2 is 1.53 bits per heavy atom. The highest BCUT2D eigenvalue weighted by Gasteiger charge is 2.31. The van der Waals surface area contributed by atoms with E-state index in [-0.39, 0.29) is 16.1 Å². The number of hydrogen-bond donors (Lipinski definition) is 0. The Balaban J connectivity index is 2.07. The third-order valence-corrected chi connectivity index (χ3v) is 7.12. The van der Waals surface area contributed by atoms with Crippen LogP contribution in [0, 0.1) is 0 Å². The highest BCUT2D eigenvalue weighted by Crippen LogP contribution is 2.28. The van der Waals surface area contributed by atoms with Crippen LogP contribution in [-0.2, 0) is 16.4 Å². The second kappa shape index (κ2) is 9.77. The second-order valence-corrected chi connectivity index (χ2v) is 9.94. The number of nitrogens with zero attached hydrogens (tertiary/aromatic N) is 1. The zero-order chi connectivity index (χ0) is 21.7. The smallest absolute Gasteiger partial charge is 0.268 e. The summed E-state index contributed by atoms with van der Waals surface area (Å²) in [6.45, 7) is 2.12. The molecule has 0 aliphatic rings. The number of sulfonamides is 1. The Labute approximate surface area is 190 Å². The van der Waals surface area contributed by atoms with Crippen LogP contribution in [0.1, 0.15) is 35.7 Å². The summed E-state index contributed by atoms with van der Waals surface area (Å²) in [5, 5.41) is 0.417. The number of carbonyl (C=O) groups excluding carboxylic acids is 1. The van der Waals surface area contributed by atoms with Gasteiger partial charge in [0.1, 0.15) is 0 Å². The third kappa shape index (κ3) is 5.12. The fourth-order valence-corrected chi connectivity index (χ4v) is 4.77. The maximum Gasteiger partial charge on any atom is 0.272 e. The van der Waals surface area contributed by atoms with Crippen LogP contribution >= 0.6 is 27.5 Å². The van der Waals surface area contributed by atoms with Gasteiger partial charge in [-0.1, -0.05) is 53.0 Å². The molecule has 3 rings (SSSR count). The van der Waals surface area contributed by atoms with Crippen molar-refractivity contribution >= 4 is 49.1 Å². The van der Waals surface area contributed by atoms with Gasteiger partial charge in [-0.2, -0.15) is 4.31 Å². The SMILES string of the molecule is CCCCc1ccc(N(C(=O)c2ccc(Br)cc2)S(=O)(=O)c2ccc(Cl)cc2)cc1. The Kier molecular flexibility index (Phi) is 7.34. The van der Waals surface area contributed by atoms with Gasteiger partial charge in [-0.15, -0.1) is 0 Å². The van der Waals surface area contributed by atoms with Crippen molar-refractivity contribution in [3.05, 3.63) is 93.4 Å². The minimum Gasteiger partial charge on any atom is -0.268 e. The molecule has 0 fully saturated rings. The van der Waals surface area contributed by atoms with E-state index in [9.17, 15) is 13.2 Å². The summed E-state index contributed by atoms with van der Waals surface area (Å²) in [4.78, 5) is 13.3. The van der Waals surface area contributed by atoms with Crippen molar-refractivity contribution in [3.63, 3.8) is 0 Å². The van der Waals surface area contributed by atoms with Crippen molar-refractivity contribution < 1.29 is 13.2 Å². The number of halogens is 2. The molecule has 0 unspecified atom stereocenters. The Bertz CT molecular complexity index is 1110. The van der Waals surface area contributed by atoms with Gasteiger partial charge in [0.05, 0.1) is 10.6 Å². The molecule has 0 bridgehead atoms. The topological polar surface area (TPSA) is 54.5 Å². The highest BCUT2D eigenvalue weighted by molar-refractivity contribution is 9.10. The van der Waals surface area contributed by atoms with Crippen LogP contribution in [0.4, 0.5) is 5.69 Å². The normalized spacial score (nSPS) is 11.3. The van der Waals surface area contributed by atoms with Crippen molar-refractivity contribution in [1.82, 2.24) is 0 Å². The summed E-state index contributed by atoms with van der Waals surface area (Å²) in [5.41, 5.74) is 1.66. The molecule has 3 aromatic rings. The van der Waals surface area contributed by atoms with Crippen LogP contribution in [0.25, 0.3) is 0 Å². The number of aryl methyl sites for hydroxylation is 1. The van der Waals surface area contributed by atoms with E-state index in [2.05, 4.69) is 22.9 Å². The molecule has 4 nitrogen and oxygen atoms in total. The highest BCUT2D eigenvalue weighted by atomic mass is 79.9. The molecule has 0 saturated carbocycles. The summed E-state index contributed by atoms with van der Waals surface area (Å²) in [7, 11) is -4.14. The molecule has 1 amide bonds. The van der Waals surface area contributed by atoms with Crippen LogP contribution in [0.2, 0.25) is 5.02 Å². The molecule has 30 heavy (non-hydrogen) atoms. The predicted molar refractivity (Wildman–Crippen MR) is 125 cm³/mol. The van der Waals surface area contributed by atoms with Crippen LogP contribution in [0.3, 0.4) is 0 Å². The molecule has 0 heterocycles. The van der Waals surface area contributed by atoms with Crippen molar-refractivity contribution in [2.24, 2.45) is 0 Å². The van der Waals surface area contributed by atoms with E-state index in [1.54, 1.807) is 36.4 Å². The van der Waals surface area contributed by atoms with Gasteiger partial charge in [0.15, 0.2) is 0 Å². The lowest BCUT2D eigenvalue weighted by molar-refractivity contribution is 0.101. The van der Waals surface area contributed by atoms with Gasteiger partial charge in [-0.05, 0) is 79.1 Å². The number of carbonyl (C=O) groups is 1. The summed E-state index contributed by atoms with van der Waals surface area (Å²) in [6, 6.07) is 19.4. The number of unbranched alkanes of at least 4 members (excludes halogenated alkanes) is 1. The van der Waals surface area contributed by atoms with Crippen molar-refractivity contribution in [2.45, 2.75) is 31.1 Å². The molecule has 0 N–H and O–H groups in total. The minimum absolute atomic E-state index is 0.00702. The van der Waals surface area contributed by atoms with E-state index < -0.39 is 15.9 Å². The second-order valence-electron chi connectivity index (χ2n) is 6.81. The summed E-state index contributed by atoms with van der Waals surface area (Å²) >= 11 is 9.24. The molecule has 156 valence electrons. The van der Waals surface area contributed by atoms with Gasteiger partial charge >= 0.3 is 0 Å². The zero-order valence-electron chi connectivity index (χ0n) is 16.4. The van der Waals surface area contributed by atoms with E-state index in [0.717, 1.165) is 33.6 Å². The Morgan fingerprint density at radius 3 is 2.10 bits per heavy atom. The molecule has 3 aromatic carbocycles. The Hall–Kier alpha value is -2.15. The molecular formula is C23H21BrClNO3S. The standard InChI is InChI=1S/C23H21BrClNO3S/c1-2-3-4-17-5-13-21(14-6-17)26(23(27)18-7-9-19(24)10-8-18)30(28,29)22-15-11-20(25)12-16-22/h5-16H,2-4H2,1H3. The van der Waals surface area contributed by atoms with Gasteiger partial charge in [-0.3, -0.25) is 4.79 Å². The molecule has 0 radical (unpaired) electrons. The van der Waals surface area contributed by atoms with E-state index in [1.165, 1.54) is 24.3 Å². The molecule has 0 aliphatic heterocycles. The molecule has 0 spiro atoms. The van der Waals surface area contributed by atoms with E-state index >= 15 is 0 Å². The van der Waals surface area contributed by atoms with E-state index in [4.69, 9.17) is 11.6 Å². The summed E-state index contributed by atoms with van der Waals surface area (Å²) in [5.74, 6) is -0.626. The first-order chi connectivity index (χ1) is 14.3. The number of rotatable bonds is 7. The first-order valence-corrected chi connectivity index (χ1v) is 12.1. The quantitative estimate of drug-likeness (QED) is 0.368. The lowest BCUT2D eigenvalue weighted by Crippen LogP contribution is -2.37. The molecular weight excluding hydrogens is 486 g/mol. The van der Waals surface area contributed by atoms with Gasteiger partial charge < -0.3 is 0 Å². The van der Waals surface area contributed by atoms with E-state index in [0.29, 0.717) is 5.02 Å². The van der Waals surface area contributed by atoms with Crippen molar-refractivity contribution in [3.8, 4) is 0 Å². The summed E-state index contributed by atoms with van der Waals surface area (Å²) in [6.07, 6.45) is 3.02. The maximum absolute atomic E-state index is 13.4. The fraction of sp³-hybridized carbons (Fsp3) is 0.174. The fourth-order valence-electron chi connectivity index (χ4n) is 2.97. The lowest BCUT2D eigenvalue weighted by Gasteiger charge is -2.23. The van der Waals surface area contributed by atoms with Crippen molar-refractivity contribution in [2.75, 3.05) is 4.31 Å². The zero-order valence-corrected chi connectivity index (χ0v) is 19.5. The molecule has 0 saturated heterocycles. The van der Waals surface area contributed by atoms with Crippen molar-refractivity contribution in [1.29, 1.82) is 0 Å².